The van der Waals surface area contributed by atoms with Gasteiger partial charge in [-0.2, -0.15) is 0 Å². The van der Waals surface area contributed by atoms with Crippen LogP contribution < -0.4 is 10.2 Å². The third-order valence-electron chi connectivity index (χ3n) is 13.3. The van der Waals surface area contributed by atoms with Gasteiger partial charge >= 0.3 is 0 Å². The Bertz CT molecular complexity index is 1260. The molecule has 9 heteroatoms. The summed E-state index contributed by atoms with van der Waals surface area (Å²) in [7, 11) is 1.24. The number of quaternary nitrogens is 1. The van der Waals surface area contributed by atoms with Crippen LogP contribution in [0.15, 0.2) is 48.6 Å². The lowest BCUT2D eigenvalue weighted by molar-refractivity contribution is -0.870. The number of likely N-dealkylation sites (N-methyl/N-ethyl adjacent to an activating group) is 1. The SMILES string of the molecule is CC/C=C/CC/C=C/CC/C=C/C(O)C(COP(=O)([O-])OCC[N+](C)(C)C)NC(=O)CCCCCCCCCCCCCCCCCCC/C=C\CCCCCCCCCCCCCCCCCC. The normalized spacial score (nSPS) is 14.2. The van der Waals surface area contributed by atoms with Crippen molar-refractivity contribution in [1.29, 1.82) is 0 Å². The number of carbonyl (C=O) groups excluding carboxylic acids is 1. The van der Waals surface area contributed by atoms with Gasteiger partial charge in [0.1, 0.15) is 13.2 Å². The third-order valence-corrected chi connectivity index (χ3v) is 14.2. The van der Waals surface area contributed by atoms with E-state index in [0.717, 1.165) is 51.4 Å². The molecule has 0 heterocycles. The van der Waals surface area contributed by atoms with Gasteiger partial charge in [-0.25, -0.2) is 0 Å². The van der Waals surface area contributed by atoms with E-state index >= 15 is 0 Å². The predicted molar refractivity (Wildman–Crippen MR) is 298 cm³/mol. The van der Waals surface area contributed by atoms with Crippen LogP contribution in [0.5, 0.6) is 0 Å². The molecule has 0 aliphatic rings. The largest absolute Gasteiger partial charge is 0.756 e. The molecule has 0 spiro atoms. The number of aliphatic hydroxyl groups is 1. The van der Waals surface area contributed by atoms with Crippen molar-refractivity contribution in [2.24, 2.45) is 0 Å². The lowest BCUT2D eigenvalue weighted by atomic mass is 10.0. The van der Waals surface area contributed by atoms with E-state index in [0.29, 0.717) is 17.4 Å². The zero-order valence-corrected chi connectivity index (χ0v) is 47.2. The fourth-order valence-electron chi connectivity index (χ4n) is 8.66. The molecular formula is C60H115N2O6P. The highest BCUT2D eigenvalue weighted by molar-refractivity contribution is 7.45. The van der Waals surface area contributed by atoms with E-state index in [1.807, 2.05) is 27.2 Å². The van der Waals surface area contributed by atoms with Crippen molar-refractivity contribution >= 4 is 13.7 Å². The maximum atomic E-state index is 12.9. The van der Waals surface area contributed by atoms with E-state index in [2.05, 4.69) is 55.6 Å². The smallest absolute Gasteiger partial charge is 0.268 e. The second-order valence-electron chi connectivity index (χ2n) is 21.3. The van der Waals surface area contributed by atoms with Gasteiger partial charge in [0, 0.05) is 6.42 Å². The lowest BCUT2D eigenvalue weighted by Gasteiger charge is -2.29. The van der Waals surface area contributed by atoms with E-state index in [1.165, 1.54) is 205 Å². The van der Waals surface area contributed by atoms with Gasteiger partial charge in [0.15, 0.2) is 0 Å². The topological polar surface area (TPSA) is 108 Å². The first-order valence-electron chi connectivity index (χ1n) is 29.5. The number of aliphatic hydroxyl groups excluding tert-OH is 1. The van der Waals surface area contributed by atoms with Crippen molar-refractivity contribution in [3.8, 4) is 0 Å². The first-order valence-corrected chi connectivity index (χ1v) is 31.0. The number of phosphoric ester groups is 1. The second-order valence-corrected chi connectivity index (χ2v) is 22.7. The molecule has 2 N–H and O–H groups in total. The van der Waals surface area contributed by atoms with E-state index in [-0.39, 0.29) is 12.5 Å². The van der Waals surface area contributed by atoms with Crippen molar-refractivity contribution in [3.05, 3.63) is 48.6 Å². The van der Waals surface area contributed by atoms with Crippen molar-refractivity contribution < 1.29 is 32.9 Å². The number of amides is 1. The monoisotopic (exact) mass is 991 g/mol. The fourth-order valence-corrected chi connectivity index (χ4v) is 9.38. The van der Waals surface area contributed by atoms with Crippen LogP contribution in [0.25, 0.3) is 0 Å². The summed E-state index contributed by atoms with van der Waals surface area (Å²) in [5, 5.41) is 13.7. The molecular weight excluding hydrogens is 876 g/mol. The second kappa shape index (κ2) is 51.4. The first-order chi connectivity index (χ1) is 33.5. The van der Waals surface area contributed by atoms with Crippen LogP contribution in [0.3, 0.4) is 0 Å². The number of hydrogen-bond acceptors (Lipinski definition) is 6. The molecule has 8 nitrogen and oxygen atoms in total. The Morgan fingerprint density at radius 3 is 1.25 bits per heavy atom. The molecule has 0 aromatic heterocycles. The molecule has 3 unspecified atom stereocenters. The van der Waals surface area contributed by atoms with Crippen LogP contribution in [0.4, 0.5) is 0 Å². The van der Waals surface area contributed by atoms with Crippen LogP contribution >= 0.6 is 7.82 Å². The van der Waals surface area contributed by atoms with E-state index in [9.17, 15) is 19.4 Å². The van der Waals surface area contributed by atoms with Crippen molar-refractivity contribution in [3.63, 3.8) is 0 Å². The maximum absolute atomic E-state index is 12.9. The molecule has 1 amide bonds. The molecule has 0 radical (unpaired) electrons. The number of carbonyl (C=O) groups is 1. The molecule has 0 aliphatic carbocycles. The van der Waals surface area contributed by atoms with Crippen LogP contribution in [0, 0.1) is 0 Å². The molecule has 0 fully saturated rings. The summed E-state index contributed by atoms with van der Waals surface area (Å²) >= 11 is 0. The number of nitrogens with one attached hydrogen (secondary N) is 1. The van der Waals surface area contributed by atoms with Crippen molar-refractivity contribution in [1.82, 2.24) is 5.32 Å². The Labute approximate surface area is 429 Å². The Morgan fingerprint density at radius 2 is 0.855 bits per heavy atom. The molecule has 0 bridgehead atoms. The van der Waals surface area contributed by atoms with Gasteiger partial charge in [-0.05, 0) is 64.2 Å². The van der Waals surface area contributed by atoms with Crippen molar-refractivity contribution in [2.75, 3.05) is 40.9 Å². The zero-order valence-electron chi connectivity index (χ0n) is 46.3. The predicted octanol–water partition coefficient (Wildman–Crippen LogP) is 17.3. The zero-order chi connectivity index (χ0) is 50.6. The Hall–Kier alpha value is -1.54. The van der Waals surface area contributed by atoms with E-state index < -0.39 is 26.6 Å². The highest BCUT2D eigenvalue weighted by Crippen LogP contribution is 2.38. The summed E-state index contributed by atoms with van der Waals surface area (Å²) in [6, 6.07) is -0.908. The quantitative estimate of drug-likeness (QED) is 0.0272. The molecule has 0 aliphatic heterocycles. The summed E-state index contributed by atoms with van der Waals surface area (Å²) in [6.07, 6.45) is 68.2. The molecule has 0 saturated carbocycles. The summed E-state index contributed by atoms with van der Waals surface area (Å²) in [4.78, 5) is 25.4. The first kappa shape index (κ1) is 67.5. The summed E-state index contributed by atoms with van der Waals surface area (Å²) in [5.41, 5.74) is 0. The molecule has 0 aromatic rings. The molecule has 3 atom stereocenters. The van der Waals surface area contributed by atoms with Gasteiger partial charge < -0.3 is 28.8 Å². The van der Waals surface area contributed by atoms with Gasteiger partial charge in [-0.15, -0.1) is 0 Å². The standard InChI is InChI=1S/C60H115N2O6P/c1-6-8-10-12-14-16-18-19-20-21-22-23-24-25-26-27-28-29-30-31-32-33-34-35-36-37-38-39-40-41-42-43-44-46-48-50-52-54-60(64)61-58(57-68-69(65,66)67-56-55-62(3,4)5)59(63)53-51-49-47-45-17-15-13-11-9-7-2/h9,11,17,29-30,45,51,53,58-59,63H,6-8,10,12-16,18-28,31-44,46-50,52,54-57H2,1-5H3,(H-,61,64,65,66)/b11-9+,30-29-,45-17+,53-51+. The van der Waals surface area contributed by atoms with E-state index in [1.54, 1.807) is 6.08 Å². The molecule has 406 valence electrons. The maximum Gasteiger partial charge on any atom is 0.268 e. The van der Waals surface area contributed by atoms with Gasteiger partial charge in [0.25, 0.3) is 7.82 Å². The van der Waals surface area contributed by atoms with Crippen LogP contribution in [0.2, 0.25) is 0 Å². The molecule has 0 aromatic carbocycles. The number of phosphoric acid groups is 1. The fraction of sp³-hybridized carbons (Fsp3) is 0.850. The van der Waals surface area contributed by atoms with Gasteiger partial charge in [-0.1, -0.05) is 255 Å². The number of allylic oxidation sites excluding steroid dienone is 7. The summed E-state index contributed by atoms with van der Waals surface area (Å²) in [5.74, 6) is -0.211. The van der Waals surface area contributed by atoms with Crippen LogP contribution in [-0.2, 0) is 18.4 Å². The number of nitrogens with zero attached hydrogens (tertiary/aromatic N) is 1. The van der Waals surface area contributed by atoms with Gasteiger partial charge in [-0.3, -0.25) is 9.36 Å². The van der Waals surface area contributed by atoms with E-state index in [4.69, 9.17) is 9.05 Å². The van der Waals surface area contributed by atoms with Crippen LogP contribution in [-0.4, -0.2) is 68.5 Å². The number of hydrogen-bond donors (Lipinski definition) is 2. The number of rotatable bonds is 54. The van der Waals surface area contributed by atoms with Gasteiger partial charge in [0.2, 0.25) is 5.91 Å². The minimum Gasteiger partial charge on any atom is -0.756 e. The van der Waals surface area contributed by atoms with Crippen LogP contribution in [0.1, 0.15) is 277 Å². The Kier molecular flexibility index (Phi) is 50.2. The highest BCUT2D eigenvalue weighted by Gasteiger charge is 2.23. The average molecular weight is 992 g/mol. The third kappa shape index (κ3) is 54.1. The molecule has 0 rings (SSSR count). The Morgan fingerprint density at radius 1 is 0.507 bits per heavy atom. The number of unbranched alkanes of at least 4 members (excludes halogenated alkanes) is 35. The summed E-state index contributed by atoms with van der Waals surface area (Å²) < 4.78 is 23.2. The van der Waals surface area contributed by atoms with Gasteiger partial charge in [0.05, 0.1) is 39.9 Å². The Balaban J connectivity index is 3.86. The highest BCUT2D eigenvalue weighted by atomic mass is 31.2. The molecule has 0 saturated heterocycles. The molecule has 69 heavy (non-hydrogen) atoms. The minimum atomic E-state index is -4.60. The average Bonchev–Trinajstić information content (AvgIpc) is 3.31. The lowest BCUT2D eigenvalue weighted by Crippen LogP contribution is -2.45. The van der Waals surface area contributed by atoms with Crippen molar-refractivity contribution in [2.45, 2.75) is 289 Å². The minimum absolute atomic E-state index is 0.00923. The summed E-state index contributed by atoms with van der Waals surface area (Å²) in [6.45, 7) is 4.51.